The van der Waals surface area contributed by atoms with E-state index >= 15 is 0 Å². The number of anilines is 1. The highest BCUT2D eigenvalue weighted by Crippen LogP contribution is 2.33. The Bertz CT molecular complexity index is 683. The largest absolute Gasteiger partial charge is 0.495 e. The molecule has 0 radical (unpaired) electrons. The summed E-state index contributed by atoms with van der Waals surface area (Å²) in [5, 5.41) is 0. The summed E-state index contributed by atoms with van der Waals surface area (Å²) in [6.45, 7) is 6.90. The summed E-state index contributed by atoms with van der Waals surface area (Å²) >= 11 is 0. The van der Waals surface area contributed by atoms with Gasteiger partial charge in [-0.2, -0.15) is 0 Å². The number of rotatable bonds is 5. The smallest absolute Gasteiger partial charge is 0.228 e. The van der Waals surface area contributed by atoms with Gasteiger partial charge in [0.1, 0.15) is 5.75 Å². The molecule has 1 atom stereocenters. The molecule has 0 bridgehead atoms. The number of nitrogens with zero attached hydrogens (tertiary/aromatic N) is 3. The van der Waals surface area contributed by atoms with Gasteiger partial charge in [0.15, 0.2) is 0 Å². The fraction of sp³-hybridized carbons (Fsp3) is 0.619. The van der Waals surface area contributed by atoms with E-state index in [9.17, 15) is 9.59 Å². The predicted octanol–water partition coefficient (Wildman–Crippen LogP) is 2.38. The van der Waals surface area contributed by atoms with E-state index in [4.69, 9.17) is 4.74 Å². The molecule has 148 valence electrons. The third-order valence-electron chi connectivity index (χ3n) is 5.97. The van der Waals surface area contributed by atoms with Crippen LogP contribution >= 0.6 is 0 Å². The number of benzene rings is 1. The van der Waals surface area contributed by atoms with Crippen LogP contribution in [-0.2, 0) is 9.59 Å². The molecular formula is C21H31N3O3. The van der Waals surface area contributed by atoms with E-state index in [1.165, 1.54) is 0 Å². The molecule has 2 heterocycles. The first-order valence-electron chi connectivity index (χ1n) is 9.86. The van der Waals surface area contributed by atoms with E-state index in [1.54, 1.807) is 12.0 Å². The van der Waals surface area contributed by atoms with Crippen LogP contribution in [0.1, 0.15) is 33.1 Å². The molecule has 0 spiro atoms. The van der Waals surface area contributed by atoms with Gasteiger partial charge in [-0.15, -0.1) is 0 Å². The number of carbonyl (C=O) groups excluding carboxylic acids is 2. The van der Waals surface area contributed by atoms with E-state index < -0.39 is 0 Å². The lowest BCUT2D eigenvalue weighted by molar-refractivity contribution is -0.137. The molecule has 2 amide bonds. The summed E-state index contributed by atoms with van der Waals surface area (Å²) in [5.74, 6) is 0.452. The number of hydrogen-bond acceptors (Lipinski definition) is 4. The number of amides is 2. The van der Waals surface area contributed by atoms with Crippen molar-refractivity contribution >= 4 is 17.5 Å². The Balaban J connectivity index is 1.64. The Morgan fingerprint density at radius 1 is 1.22 bits per heavy atom. The second-order valence-electron chi connectivity index (χ2n) is 7.89. The Labute approximate surface area is 162 Å². The molecule has 2 aliphatic heterocycles. The highest BCUT2D eigenvalue weighted by Gasteiger charge is 2.39. The molecule has 0 saturated carbocycles. The summed E-state index contributed by atoms with van der Waals surface area (Å²) in [6, 6.07) is 8.29. The van der Waals surface area contributed by atoms with Crippen molar-refractivity contribution in [2.24, 2.45) is 5.92 Å². The molecule has 6 nitrogen and oxygen atoms in total. The summed E-state index contributed by atoms with van der Waals surface area (Å²) in [5.41, 5.74) is 0.744. The maximum atomic E-state index is 13.0. The highest BCUT2D eigenvalue weighted by molar-refractivity contribution is 6.01. The maximum Gasteiger partial charge on any atom is 0.228 e. The van der Waals surface area contributed by atoms with Gasteiger partial charge in [0.05, 0.1) is 18.7 Å². The van der Waals surface area contributed by atoms with Gasteiger partial charge in [-0.05, 0) is 38.8 Å². The highest BCUT2D eigenvalue weighted by atomic mass is 16.5. The minimum Gasteiger partial charge on any atom is -0.495 e. The van der Waals surface area contributed by atoms with Crippen LogP contribution in [0.4, 0.5) is 5.69 Å². The zero-order chi connectivity index (χ0) is 19.6. The topological polar surface area (TPSA) is 53.1 Å². The molecule has 3 rings (SSSR count). The van der Waals surface area contributed by atoms with Crippen molar-refractivity contribution in [3.05, 3.63) is 24.3 Å². The van der Waals surface area contributed by atoms with Gasteiger partial charge in [0, 0.05) is 45.2 Å². The zero-order valence-electron chi connectivity index (χ0n) is 16.9. The summed E-state index contributed by atoms with van der Waals surface area (Å²) in [4.78, 5) is 31.6. The number of methoxy groups -OCH3 is 1. The second kappa shape index (κ2) is 8.30. The standard InChI is InChI=1S/C21H31N3O3/c1-15(2)23-11-9-17(10-12-23)22(3)21(26)16-13-20(25)24(14-16)18-7-5-6-8-19(18)27-4/h5-8,15-17H,9-14H2,1-4H3. The Kier molecular flexibility index (Phi) is 6.05. The van der Waals surface area contributed by atoms with Gasteiger partial charge in [-0.3, -0.25) is 9.59 Å². The van der Waals surface area contributed by atoms with Crippen molar-refractivity contribution in [1.82, 2.24) is 9.80 Å². The van der Waals surface area contributed by atoms with Crippen molar-refractivity contribution in [2.45, 2.75) is 45.2 Å². The molecule has 1 aromatic carbocycles. The number of carbonyl (C=O) groups is 2. The fourth-order valence-corrected chi connectivity index (χ4v) is 4.22. The SMILES string of the molecule is COc1ccccc1N1CC(C(=O)N(C)C2CCN(C(C)C)CC2)CC1=O. The van der Waals surface area contributed by atoms with E-state index in [-0.39, 0.29) is 30.2 Å². The monoisotopic (exact) mass is 373 g/mol. The number of ether oxygens (including phenoxy) is 1. The van der Waals surface area contributed by atoms with Crippen LogP contribution in [0.2, 0.25) is 0 Å². The van der Waals surface area contributed by atoms with E-state index in [0.29, 0.717) is 18.3 Å². The normalized spacial score (nSPS) is 21.7. The molecule has 0 aliphatic carbocycles. The minimum atomic E-state index is -0.282. The quantitative estimate of drug-likeness (QED) is 0.795. The van der Waals surface area contributed by atoms with Crippen LogP contribution in [0.15, 0.2) is 24.3 Å². The summed E-state index contributed by atoms with van der Waals surface area (Å²) < 4.78 is 5.38. The number of piperidine rings is 1. The van der Waals surface area contributed by atoms with Gasteiger partial charge in [-0.1, -0.05) is 12.1 Å². The van der Waals surface area contributed by atoms with Crippen LogP contribution in [0, 0.1) is 5.92 Å². The van der Waals surface area contributed by atoms with E-state index in [0.717, 1.165) is 31.6 Å². The lowest BCUT2D eigenvalue weighted by Crippen LogP contribution is -2.49. The second-order valence-corrected chi connectivity index (χ2v) is 7.89. The van der Waals surface area contributed by atoms with E-state index in [1.807, 2.05) is 36.2 Å². The van der Waals surface area contributed by atoms with Gasteiger partial charge in [0.25, 0.3) is 0 Å². The Morgan fingerprint density at radius 3 is 2.52 bits per heavy atom. The summed E-state index contributed by atoms with van der Waals surface area (Å²) in [7, 11) is 3.49. The maximum absolute atomic E-state index is 13.0. The van der Waals surface area contributed by atoms with Crippen LogP contribution in [0.3, 0.4) is 0 Å². The first-order chi connectivity index (χ1) is 12.9. The predicted molar refractivity (Wildman–Crippen MR) is 106 cm³/mol. The van der Waals surface area contributed by atoms with Crippen molar-refractivity contribution < 1.29 is 14.3 Å². The van der Waals surface area contributed by atoms with Crippen LogP contribution in [0.5, 0.6) is 5.75 Å². The Morgan fingerprint density at radius 2 is 1.89 bits per heavy atom. The molecule has 2 aliphatic rings. The van der Waals surface area contributed by atoms with Crippen molar-refractivity contribution in [2.75, 3.05) is 38.7 Å². The van der Waals surface area contributed by atoms with Gasteiger partial charge < -0.3 is 19.4 Å². The molecule has 6 heteroatoms. The average Bonchev–Trinajstić information content (AvgIpc) is 3.08. The molecule has 1 unspecified atom stereocenters. The minimum absolute atomic E-state index is 0.0131. The van der Waals surface area contributed by atoms with Gasteiger partial charge in [0.2, 0.25) is 11.8 Å². The molecule has 1 aromatic rings. The first-order valence-corrected chi connectivity index (χ1v) is 9.86. The molecule has 0 N–H and O–H groups in total. The van der Waals surface area contributed by atoms with Crippen LogP contribution in [-0.4, -0.2) is 67.5 Å². The lowest BCUT2D eigenvalue weighted by atomic mass is 9.99. The molecule has 2 saturated heterocycles. The number of likely N-dealkylation sites (tertiary alicyclic amines) is 1. The lowest BCUT2D eigenvalue weighted by Gasteiger charge is -2.39. The molecule has 27 heavy (non-hydrogen) atoms. The van der Waals surface area contributed by atoms with Crippen LogP contribution in [0.25, 0.3) is 0 Å². The van der Waals surface area contributed by atoms with Crippen molar-refractivity contribution in [1.29, 1.82) is 0 Å². The fourth-order valence-electron chi connectivity index (χ4n) is 4.22. The van der Waals surface area contributed by atoms with E-state index in [2.05, 4.69) is 18.7 Å². The average molecular weight is 373 g/mol. The molecular weight excluding hydrogens is 342 g/mol. The third kappa shape index (κ3) is 4.10. The van der Waals surface area contributed by atoms with Crippen molar-refractivity contribution in [3.63, 3.8) is 0 Å². The third-order valence-corrected chi connectivity index (χ3v) is 5.97. The van der Waals surface area contributed by atoms with Crippen LogP contribution < -0.4 is 9.64 Å². The number of para-hydroxylation sites is 2. The summed E-state index contributed by atoms with van der Waals surface area (Å²) in [6.07, 6.45) is 2.26. The molecule has 0 aromatic heterocycles. The van der Waals surface area contributed by atoms with Gasteiger partial charge >= 0.3 is 0 Å². The van der Waals surface area contributed by atoms with Gasteiger partial charge in [-0.25, -0.2) is 0 Å². The number of hydrogen-bond donors (Lipinski definition) is 0. The zero-order valence-corrected chi connectivity index (χ0v) is 16.9. The molecule has 2 fully saturated rings. The first kappa shape index (κ1) is 19.7. The Hall–Kier alpha value is -2.08. The van der Waals surface area contributed by atoms with Crippen molar-refractivity contribution in [3.8, 4) is 5.75 Å².